The molecule has 0 radical (unpaired) electrons. The minimum absolute atomic E-state index is 0.0149. The Labute approximate surface area is 170 Å². The molecule has 0 spiro atoms. The number of nitrogens with zero attached hydrogens (tertiary/aromatic N) is 1. The molecule has 2 aromatic rings. The fraction of sp³-hybridized carbons (Fsp3) is 0.455. The number of nitrogens with one attached hydrogen (secondary N) is 2. The molecule has 2 atom stereocenters. The van der Waals surface area contributed by atoms with Gasteiger partial charge in [0.25, 0.3) is 11.8 Å². The molecule has 1 aromatic heterocycles. The third-order valence-electron chi connectivity index (χ3n) is 5.77. The summed E-state index contributed by atoms with van der Waals surface area (Å²) in [5.74, 6) is 0.265. The molecule has 28 heavy (non-hydrogen) atoms. The smallest absolute Gasteiger partial charge is 0.256 e. The van der Waals surface area contributed by atoms with E-state index < -0.39 is 0 Å². The molecule has 2 N–H and O–H groups in total. The predicted molar refractivity (Wildman–Crippen MR) is 113 cm³/mol. The summed E-state index contributed by atoms with van der Waals surface area (Å²) < 4.78 is 0. The second-order valence-electron chi connectivity index (χ2n) is 8.07. The number of rotatable bonds is 4. The van der Waals surface area contributed by atoms with Crippen molar-refractivity contribution in [1.82, 2.24) is 10.2 Å². The maximum Gasteiger partial charge on any atom is 0.256 e. The van der Waals surface area contributed by atoms with Crippen molar-refractivity contribution in [3.8, 4) is 0 Å². The number of hydrogen-bond acceptors (Lipinski definition) is 4. The number of fused-ring (bicyclic) bond motifs is 2. The Morgan fingerprint density at radius 1 is 1.11 bits per heavy atom. The first-order valence-corrected chi connectivity index (χ1v) is 10.9. The Morgan fingerprint density at radius 2 is 1.86 bits per heavy atom. The average Bonchev–Trinajstić information content (AvgIpc) is 3.27. The molecule has 6 heteroatoms. The molecule has 0 aliphatic carbocycles. The lowest BCUT2D eigenvalue weighted by molar-refractivity contribution is 0.0749. The van der Waals surface area contributed by atoms with Gasteiger partial charge in [0.2, 0.25) is 0 Å². The summed E-state index contributed by atoms with van der Waals surface area (Å²) in [5, 5.41) is 9.04. The van der Waals surface area contributed by atoms with E-state index >= 15 is 0 Å². The van der Waals surface area contributed by atoms with Crippen LogP contribution in [0.1, 0.15) is 65.3 Å². The van der Waals surface area contributed by atoms with Crippen LogP contribution in [0.2, 0.25) is 0 Å². The fourth-order valence-corrected chi connectivity index (χ4v) is 4.84. The lowest BCUT2D eigenvalue weighted by Gasteiger charge is -2.24. The number of thiophene rings is 1. The Morgan fingerprint density at radius 3 is 2.61 bits per heavy atom. The van der Waals surface area contributed by atoms with Crippen molar-refractivity contribution in [2.75, 3.05) is 18.4 Å². The van der Waals surface area contributed by atoms with Crippen LogP contribution in [0.5, 0.6) is 0 Å². The van der Waals surface area contributed by atoms with Crippen molar-refractivity contribution in [2.45, 2.75) is 51.1 Å². The molecule has 0 saturated carbocycles. The van der Waals surface area contributed by atoms with E-state index in [0.717, 1.165) is 25.9 Å². The molecule has 2 bridgehead atoms. The summed E-state index contributed by atoms with van der Waals surface area (Å²) >= 11 is 1.40. The maximum absolute atomic E-state index is 13.1. The van der Waals surface area contributed by atoms with Crippen molar-refractivity contribution in [2.24, 2.45) is 0 Å². The van der Waals surface area contributed by atoms with Crippen molar-refractivity contribution in [3.63, 3.8) is 0 Å². The second-order valence-corrected chi connectivity index (χ2v) is 8.99. The lowest BCUT2D eigenvalue weighted by atomic mass is 10.0. The van der Waals surface area contributed by atoms with Gasteiger partial charge in [-0.05, 0) is 54.3 Å². The van der Waals surface area contributed by atoms with E-state index in [-0.39, 0.29) is 11.8 Å². The van der Waals surface area contributed by atoms with Crippen molar-refractivity contribution in [3.05, 3.63) is 52.4 Å². The molecule has 4 rings (SSSR count). The van der Waals surface area contributed by atoms with E-state index in [1.165, 1.54) is 23.3 Å². The Kier molecular flexibility index (Phi) is 5.51. The van der Waals surface area contributed by atoms with Crippen LogP contribution in [0.3, 0.4) is 0 Å². The summed E-state index contributed by atoms with van der Waals surface area (Å²) in [4.78, 5) is 27.7. The maximum atomic E-state index is 13.1. The van der Waals surface area contributed by atoms with Crippen LogP contribution in [0.15, 0.2) is 35.7 Å². The number of amides is 2. The van der Waals surface area contributed by atoms with E-state index in [0.29, 0.717) is 34.1 Å². The molecule has 5 nitrogen and oxygen atoms in total. The number of benzene rings is 1. The van der Waals surface area contributed by atoms with Crippen molar-refractivity contribution < 1.29 is 9.59 Å². The molecular formula is C22H27N3O2S. The Hall–Kier alpha value is -2.18. The standard InChI is InChI=1S/C22H27N3O2S/c1-14(2)15-3-5-16(6-4-15)20(26)24-21-19(10-12-28-21)22(27)25-11-9-17-7-8-18(13-25)23-17/h3-6,10,12,14,17-18,23H,7-9,11,13H2,1-2H3,(H,24,26). The van der Waals surface area contributed by atoms with Crippen LogP contribution < -0.4 is 10.6 Å². The van der Waals surface area contributed by atoms with Gasteiger partial charge < -0.3 is 15.5 Å². The highest BCUT2D eigenvalue weighted by Gasteiger charge is 2.32. The lowest BCUT2D eigenvalue weighted by Crippen LogP contribution is -2.39. The summed E-state index contributed by atoms with van der Waals surface area (Å²) in [6, 6.07) is 10.4. The number of hydrogen-bond donors (Lipinski definition) is 2. The molecular weight excluding hydrogens is 370 g/mol. The van der Waals surface area contributed by atoms with Crippen LogP contribution in [-0.2, 0) is 0 Å². The third kappa shape index (κ3) is 3.98. The quantitative estimate of drug-likeness (QED) is 0.817. The largest absolute Gasteiger partial charge is 0.337 e. The fourth-order valence-electron chi connectivity index (χ4n) is 4.07. The van der Waals surface area contributed by atoms with Gasteiger partial charge in [-0.25, -0.2) is 0 Å². The Bertz CT molecular complexity index is 859. The first-order valence-electron chi connectivity index (χ1n) is 10.1. The van der Waals surface area contributed by atoms with Crippen LogP contribution in [0.4, 0.5) is 5.00 Å². The van der Waals surface area contributed by atoms with E-state index in [1.807, 2.05) is 40.6 Å². The highest BCUT2D eigenvalue weighted by atomic mass is 32.1. The van der Waals surface area contributed by atoms with E-state index in [4.69, 9.17) is 0 Å². The SMILES string of the molecule is CC(C)c1ccc(C(=O)Nc2sccc2C(=O)N2CCC3CCC(C2)N3)cc1. The van der Waals surface area contributed by atoms with E-state index in [9.17, 15) is 9.59 Å². The summed E-state index contributed by atoms with van der Waals surface area (Å²) in [6.07, 6.45) is 3.34. The molecule has 2 fully saturated rings. The molecule has 3 heterocycles. The zero-order valence-electron chi connectivity index (χ0n) is 16.4. The number of anilines is 1. The van der Waals surface area contributed by atoms with Crippen LogP contribution >= 0.6 is 11.3 Å². The van der Waals surface area contributed by atoms with Gasteiger partial charge in [0, 0.05) is 30.7 Å². The molecule has 148 valence electrons. The molecule has 1 aromatic carbocycles. The number of likely N-dealkylation sites (tertiary alicyclic amines) is 1. The minimum Gasteiger partial charge on any atom is -0.337 e. The van der Waals surface area contributed by atoms with Gasteiger partial charge >= 0.3 is 0 Å². The predicted octanol–water partition coefficient (Wildman–Crippen LogP) is 4.09. The van der Waals surface area contributed by atoms with Gasteiger partial charge in [0.15, 0.2) is 0 Å². The van der Waals surface area contributed by atoms with Crippen LogP contribution in [-0.4, -0.2) is 41.9 Å². The number of carbonyl (C=O) groups excluding carboxylic acids is 2. The van der Waals surface area contributed by atoms with Crippen molar-refractivity contribution in [1.29, 1.82) is 0 Å². The van der Waals surface area contributed by atoms with Crippen LogP contribution in [0, 0.1) is 0 Å². The molecule has 2 saturated heterocycles. The monoisotopic (exact) mass is 397 g/mol. The first-order chi connectivity index (χ1) is 13.5. The second kappa shape index (κ2) is 8.05. The minimum atomic E-state index is -0.177. The Balaban J connectivity index is 1.46. The first kappa shape index (κ1) is 19.2. The topological polar surface area (TPSA) is 61.4 Å². The average molecular weight is 398 g/mol. The highest BCUT2D eigenvalue weighted by molar-refractivity contribution is 7.14. The van der Waals surface area contributed by atoms with Gasteiger partial charge in [0.05, 0.1) is 5.56 Å². The van der Waals surface area contributed by atoms with Crippen LogP contribution in [0.25, 0.3) is 0 Å². The van der Waals surface area contributed by atoms with Gasteiger partial charge in [-0.15, -0.1) is 11.3 Å². The van der Waals surface area contributed by atoms with Gasteiger partial charge in [-0.3, -0.25) is 9.59 Å². The van der Waals surface area contributed by atoms with Crippen molar-refractivity contribution >= 4 is 28.2 Å². The highest BCUT2D eigenvalue weighted by Crippen LogP contribution is 2.28. The zero-order chi connectivity index (χ0) is 19.7. The van der Waals surface area contributed by atoms with Gasteiger partial charge in [-0.1, -0.05) is 26.0 Å². The molecule has 2 aliphatic heterocycles. The van der Waals surface area contributed by atoms with Gasteiger partial charge in [-0.2, -0.15) is 0 Å². The van der Waals surface area contributed by atoms with E-state index in [2.05, 4.69) is 24.5 Å². The zero-order valence-corrected chi connectivity index (χ0v) is 17.2. The molecule has 2 amide bonds. The summed E-state index contributed by atoms with van der Waals surface area (Å²) in [6.45, 7) is 5.77. The normalized spacial score (nSPS) is 21.6. The summed E-state index contributed by atoms with van der Waals surface area (Å²) in [7, 11) is 0. The van der Waals surface area contributed by atoms with E-state index in [1.54, 1.807) is 0 Å². The molecule has 2 aliphatic rings. The number of carbonyl (C=O) groups is 2. The third-order valence-corrected chi connectivity index (χ3v) is 6.60. The summed E-state index contributed by atoms with van der Waals surface area (Å²) in [5.41, 5.74) is 2.40. The van der Waals surface area contributed by atoms with Gasteiger partial charge in [0.1, 0.15) is 5.00 Å². The molecule has 2 unspecified atom stereocenters.